The van der Waals surface area contributed by atoms with Crippen molar-refractivity contribution in [1.29, 1.82) is 0 Å². The maximum atomic E-state index is 13.5. The Morgan fingerprint density at radius 2 is 1.97 bits per heavy atom. The Morgan fingerprint density at radius 3 is 2.56 bits per heavy atom. The van der Waals surface area contributed by atoms with Gasteiger partial charge in [-0.15, -0.1) is 0 Å². The highest BCUT2D eigenvalue weighted by Gasteiger charge is 2.28. The van der Waals surface area contributed by atoms with E-state index in [0.717, 1.165) is 52.7 Å². The average Bonchev–Trinajstić information content (AvgIpc) is 3.14. The second kappa shape index (κ2) is 11.2. The molecule has 4 nitrogen and oxygen atoms in total. The zero-order valence-corrected chi connectivity index (χ0v) is 21.0. The Kier molecular flexibility index (Phi) is 8.10. The maximum absolute atomic E-state index is 13.5. The molecule has 0 amide bonds. The van der Waals surface area contributed by atoms with Gasteiger partial charge in [-0.1, -0.05) is 48.5 Å². The van der Waals surface area contributed by atoms with Crippen molar-refractivity contribution >= 4 is 21.6 Å². The molecule has 34 heavy (non-hydrogen) atoms. The Hall–Kier alpha value is -2.59. The predicted molar refractivity (Wildman–Crippen MR) is 136 cm³/mol. The van der Waals surface area contributed by atoms with Gasteiger partial charge in [-0.2, -0.15) is 0 Å². The minimum absolute atomic E-state index is 0.292. The van der Waals surface area contributed by atoms with Gasteiger partial charge in [0.1, 0.15) is 19.0 Å². The third-order valence-electron chi connectivity index (χ3n) is 6.39. The molecule has 2 heterocycles. The van der Waals surface area contributed by atoms with E-state index in [4.69, 9.17) is 9.97 Å². The number of halogens is 2. The van der Waals surface area contributed by atoms with Gasteiger partial charge in [0.15, 0.2) is 5.82 Å². The minimum Gasteiger partial charge on any atom is -0.334 e. The SMILES string of the molecule is CCCC#Cc1c(-c2ncc(S(C)=NC(CC)CF)cn2)n(C2CCC2)c2cc(CF)ccc12. The molecule has 1 fully saturated rings. The lowest BCUT2D eigenvalue weighted by molar-refractivity contribution is 0.323. The summed E-state index contributed by atoms with van der Waals surface area (Å²) in [6, 6.07) is 5.81. The van der Waals surface area contributed by atoms with Gasteiger partial charge in [0, 0.05) is 30.2 Å². The molecule has 0 spiro atoms. The topological polar surface area (TPSA) is 43.1 Å². The van der Waals surface area contributed by atoms with Crippen LogP contribution in [0.3, 0.4) is 0 Å². The summed E-state index contributed by atoms with van der Waals surface area (Å²) in [5, 5.41) is 1.02. The van der Waals surface area contributed by atoms with E-state index in [2.05, 4.69) is 27.7 Å². The second-order valence-electron chi connectivity index (χ2n) is 8.76. The van der Waals surface area contributed by atoms with Gasteiger partial charge in [0.25, 0.3) is 0 Å². The summed E-state index contributed by atoms with van der Waals surface area (Å²) in [5.41, 5.74) is 3.49. The fourth-order valence-corrected chi connectivity index (χ4v) is 5.36. The lowest BCUT2D eigenvalue weighted by Crippen LogP contribution is -2.18. The molecule has 0 radical (unpaired) electrons. The van der Waals surface area contributed by atoms with Crippen molar-refractivity contribution in [3.05, 3.63) is 41.7 Å². The van der Waals surface area contributed by atoms with Crippen molar-refractivity contribution in [2.45, 2.75) is 76.0 Å². The van der Waals surface area contributed by atoms with E-state index in [1.165, 1.54) is 6.42 Å². The molecule has 2 unspecified atom stereocenters. The van der Waals surface area contributed by atoms with Crippen LogP contribution in [-0.4, -0.2) is 33.5 Å². The van der Waals surface area contributed by atoms with Crippen LogP contribution in [0.2, 0.25) is 0 Å². The lowest BCUT2D eigenvalue weighted by Gasteiger charge is -2.30. The van der Waals surface area contributed by atoms with Crippen molar-refractivity contribution in [2.75, 3.05) is 12.9 Å². The quantitative estimate of drug-likeness (QED) is 0.325. The first-order valence-electron chi connectivity index (χ1n) is 12.1. The van der Waals surface area contributed by atoms with Crippen molar-refractivity contribution in [1.82, 2.24) is 14.5 Å². The first kappa shape index (κ1) is 24.5. The van der Waals surface area contributed by atoms with Crippen LogP contribution in [-0.2, 0) is 17.4 Å². The van der Waals surface area contributed by atoms with Crippen LogP contribution in [0.1, 0.15) is 69.5 Å². The molecule has 0 N–H and O–H groups in total. The monoisotopic (exact) mass is 482 g/mol. The van der Waals surface area contributed by atoms with E-state index in [1.807, 2.05) is 31.4 Å². The molecule has 0 bridgehead atoms. The number of fused-ring (bicyclic) bond motifs is 1. The van der Waals surface area contributed by atoms with Crippen LogP contribution < -0.4 is 0 Å². The molecule has 1 aliphatic rings. The highest BCUT2D eigenvalue weighted by molar-refractivity contribution is 7.86. The van der Waals surface area contributed by atoms with Crippen LogP contribution in [0, 0.1) is 11.8 Å². The molecular weight excluding hydrogens is 450 g/mol. The molecule has 2 atom stereocenters. The first-order chi connectivity index (χ1) is 16.6. The Balaban J connectivity index is 1.87. The fraction of sp³-hybridized carbons (Fsp3) is 0.481. The molecule has 1 aliphatic carbocycles. The lowest BCUT2D eigenvalue weighted by atomic mass is 9.92. The number of rotatable bonds is 8. The van der Waals surface area contributed by atoms with Crippen molar-refractivity contribution < 1.29 is 8.78 Å². The van der Waals surface area contributed by atoms with Gasteiger partial charge in [0.05, 0.1) is 22.0 Å². The summed E-state index contributed by atoms with van der Waals surface area (Å²) in [7, 11) is -0.479. The maximum Gasteiger partial charge on any atom is 0.177 e. The summed E-state index contributed by atoms with van der Waals surface area (Å²) in [6.45, 7) is 3.11. The van der Waals surface area contributed by atoms with Crippen LogP contribution in [0.15, 0.2) is 39.9 Å². The van der Waals surface area contributed by atoms with Gasteiger partial charge in [-0.05, 0) is 50.0 Å². The summed E-state index contributed by atoms with van der Waals surface area (Å²) >= 11 is 0. The highest BCUT2D eigenvalue weighted by atomic mass is 32.2. The largest absolute Gasteiger partial charge is 0.334 e. The summed E-state index contributed by atoms with van der Waals surface area (Å²) < 4.78 is 33.5. The number of alkyl halides is 2. The van der Waals surface area contributed by atoms with E-state index < -0.39 is 24.0 Å². The number of hydrogen-bond acceptors (Lipinski definition) is 3. The third kappa shape index (κ3) is 4.93. The summed E-state index contributed by atoms with van der Waals surface area (Å²) in [6.07, 6.45) is 11.4. The number of benzene rings is 1. The molecule has 1 saturated carbocycles. The zero-order valence-electron chi connectivity index (χ0n) is 20.2. The Labute approximate surface area is 203 Å². The molecular formula is C27H32F2N4S. The van der Waals surface area contributed by atoms with Crippen molar-refractivity contribution in [3.63, 3.8) is 0 Å². The molecule has 2 aromatic heterocycles. The van der Waals surface area contributed by atoms with E-state index in [9.17, 15) is 8.78 Å². The molecule has 0 aliphatic heterocycles. The normalized spacial score (nSPS) is 15.7. The third-order valence-corrected chi connectivity index (χ3v) is 7.90. The van der Waals surface area contributed by atoms with Gasteiger partial charge in [0.2, 0.25) is 0 Å². The van der Waals surface area contributed by atoms with Crippen molar-refractivity contribution in [2.24, 2.45) is 4.36 Å². The molecule has 180 valence electrons. The molecule has 4 rings (SSSR count). The van der Waals surface area contributed by atoms with Gasteiger partial charge in [-0.25, -0.2) is 18.7 Å². The number of unbranched alkanes of at least 4 members (excludes halogenated alkanes) is 1. The number of nitrogens with zero attached hydrogens (tertiary/aromatic N) is 4. The van der Waals surface area contributed by atoms with E-state index >= 15 is 0 Å². The Bertz CT molecular complexity index is 1230. The Morgan fingerprint density at radius 1 is 1.21 bits per heavy atom. The summed E-state index contributed by atoms with van der Waals surface area (Å²) in [4.78, 5) is 10.4. The average molecular weight is 483 g/mol. The highest BCUT2D eigenvalue weighted by Crippen LogP contribution is 2.42. The smallest absolute Gasteiger partial charge is 0.177 e. The second-order valence-corrected chi connectivity index (χ2v) is 10.4. The van der Waals surface area contributed by atoms with Crippen LogP contribution in [0.4, 0.5) is 8.78 Å². The standard InChI is InChI=1S/C27H32F2N4S/c1-4-6-7-11-24-23-13-12-19(15-28)14-25(23)33(21-9-8-10-21)26(24)27-30-17-22(18-31-27)34(3)32-20(5-2)16-29/h12-14,17-18,20-21H,4-6,8-10,15-16H2,1-3H3. The van der Waals surface area contributed by atoms with E-state index in [1.54, 1.807) is 12.4 Å². The van der Waals surface area contributed by atoms with Crippen LogP contribution in [0.25, 0.3) is 22.4 Å². The molecule has 3 aromatic rings. The van der Waals surface area contributed by atoms with Crippen molar-refractivity contribution in [3.8, 4) is 23.4 Å². The predicted octanol–water partition coefficient (Wildman–Crippen LogP) is 6.98. The molecule has 7 heteroatoms. The van der Waals surface area contributed by atoms with Gasteiger partial charge >= 0.3 is 0 Å². The van der Waals surface area contributed by atoms with Gasteiger partial charge < -0.3 is 4.57 Å². The van der Waals surface area contributed by atoms with Gasteiger partial charge in [-0.3, -0.25) is 4.36 Å². The fourth-order valence-electron chi connectivity index (χ4n) is 4.17. The first-order valence-corrected chi connectivity index (χ1v) is 13.7. The molecule has 0 saturated heterocycles. The number of aromatic nitrogens is 3. The zero-order chi connectivity index (χ0) is 24.1. The molecule has 1 aromatic carbocycles. The van der Waals surface area contributed by atoms with Crippen LogP contribution in [0.5, 0.6) is 0 Å². The summed E-state index contributed by atoms with van der Waals surface area (Å²) in [5.74, 6) is 7.30. The van der Waals surface area contributed by atoms with E-state index in [-0.39, 0.29) is 6.04 Å². The van der Waals surface area contributed by atoms with Crippen LogP contribution >= 0.6 is 0 Å². The minimum atomic E-state index is -0.497. The van der Waals surface area contributed by atoms with E-state index in [0.29, 0.717) is 23.9 Å². The number of hydrogen-bond donors (Lipinski definition) is 0.